The molecule has 0 spiro atoms. The van der Waals surface area contributed by atoms with Crippen LogP contribution in [0.25, 0.3) is 11.4 Å². The Morgan fingerprint density at radius 1 is 1.00 bits per heavy atom. The number of thioether (sulfide) groups is 1. The average Bonchev–Trinajstić information content (AvgIpc) is 3.32. The summed E-state index contributed by atoms with van der Waals surface area (Å²) < 4.78 is 2.08. The molecule has 3 rings (SSSR count). The first-order valence-electron chi connectivity index (χ1n) is 9.21. The molecule has 0 saturated heterocycles. The van der Waals surface area contributed by atoms with Gasteiger partial charge >= 0.3 is 0 Å². The van der Waals surface area contributed by atoms with Crippen LogP contribution >= 0.6 is 11.8 Å². The van der Waals surface area contributed by atoms with Gasteiger partial charge in [0.05, 0.1) is 18.4 Å². The highest BCUT2D eigenvalue weighted by molar-refractivity contribution is 7.98. The highest BCUT2D eigenvalue weighted by Gasteiger charge is 2.18. The largest absolute Gasteiger partial charge is 0.242 e. The molecule has 2 heterocycles. The van der Waals surface area contributed by atoms with Crippen molar-refractivity contribution in [1.82, 2.24) is 29.8 Å². The molecular weight excluding hydrogens is 344 g/mol. The van der Waals surface area contributed by atoms with Crippen LogP contribution in [0, 0.1) is 0 Å². The van der Waals surface area contributed by atoms with Gasteiger partial charge in [0.1, 0.15) is 6.54 Å². The van der Waals surface area contributed by atoms with Crippen LogP contribution in [0.15, 0.2) is 36.7 Å². The van der Waals surface area contributed by atoms with E-state index in [-0.39, 0.29) is 0 Å². The van der Waals surface area contributed by atoms with E-state index in [0.29, 0.717) is 12.6 Å². The third-order valence-corrected chi connectivity index (χ3v) is 5.34. The summed E-state index contributed by atoms with van der Waals surface area (Å²) in [6, 6.07) is 9.04. The van der Waals surface area contributed by atoms with E-state index in [1.54, 1.807) is 17.2 Å². The van der Waals surface area contributed by atoms with E-state index < -0.39 is 0 Å². The van der Waals surface area contributed by atoms with Crippen LogP contribution in [-0.4, -0.2) is 35.5 Å². The van der Waals surface area contributed by atoms with Crippen LogP contribution in [-0.2, 0) is 12.3 Å². The molecule has 0 aliphatic carbocycles. The molecule has 0 radical (unpaired) electrons. The van der Waals surface area contributed by atoms with Gasteiger partial charge in [-0.05, 0) is 24.2 Å². The first-order valence-corrected chi connectivity index (χ1v) is 10.4. The Labute approximate surface area is 159 Å². The SMILES string of the molecule is CCSCc1ccc(-c2nc(Cn3nccn3)nn2C(CC)CC)cc1. The molecule has 0 N–H and O–H groups in total. The molecule has 1 aromatic carbocycles. The molecule has 7 heteroatoms. The summed E-state index contributed by atoms with van der Waals surface area (Å²) >= 11 is 1.93. The van der Waals surface area contributed by atoms with Crippen molar-refractivity contribution in [3.8, 4) is 11.4 Å². The maximum absolute atomic E-state index is 4.81. The van der Waals surface area contributed by atoms with Crippen LogP contribution < -0.4 is 0 Å². The van der Waals surface area contributed by atoms with Crippen LogP contribution in [0.2, 0.25) is 0 Å². The molecule has 0 unspecified atom stereocenters. The molecule has 3 aromatic rings. The summed E-state index contributed by atoms with van der Waals surface area (Å²) in [5, 5.41) is 13.1. The first-order chi connectivity index (χ1) is 12.7. The van der Waals surface area contributed by atoms with Gasteiger partial charge in [-0.2, -0.15) is 31.9 Å². The highest BCUT2D eigenvalue weighted by Crippen LogP contribution is 2.25. The second-order valence-corrected chi connectivity index (χ2v) is 7.43. The number of aromatic nitrogens is 6. The zero-order valence-corrected chi connectivity index (χ0v) is 16.5. The molecular formula is C19H26N6S. The summed E-state index contributed by atoms with van der Waals surface area (Å²) in [5.74, 6) is 3.85. The Morgan fingerprint density at radius 3 is 2.31 bits per heavy atom. The fraction of sp³-hybridized carbons (Fsp3) is 0.474. The van der Waals surface area contributed by atoms with Gasteiger partial charge in [0.2, 0.25) is 0 Å². The van der Waals surface area contributed by atoms with Crippen molar-refractivity contribution >= 4 is 11.8 Å². The van der Waals surface area contributed by atoms with Gasteiger partial charge in [0.25, 0.3) is 0 Å². The maximum Gasteiger partial charge on any atom is 0.174 e. The van der Waals surface area contributed by atoms with Gasteiger partial charge in [0.15, 0.2) is 11.6 Å². The van der Waals surface area contributed by atoms with Crippen molar-refractivity contribution in [1.29, 1.82) is 0 Å². The molecule has 6 nitrogen and oxygen atoms in total. The lowest BCUT2D eigenvalue weighted by molar-refractivity contribution is 0.426. The maximum atomic E-state index is 4.81. The zero-order chi connectivity index (χ0) is 18.4. The summed E-state index contributed by atoms with van der Waals surface area (Å²) in [6.45, 7) is 7.06. The fourth-order valence-electron chi connectivity index (χ4n) is 2.94. The molecule has 0 atom stereocenters. The number of hydrogen-bond acceptors (Lipinski definition) is 5. The van der Waals surface area contributed by atoms with Crippen LogP contribution in [0.3, 0.4) is 0 Å². The quantitative estimate of drug-likeness (QED) is 0.565. The number of benzene rings is 1. The molecule has 0 aliphatic rings. The Morgan fingerprint density at radius 2 is 1.69 bits per heavy atom. The minimum absolute atomic E-state index is 0.340. The van der Waals surface area contributed by atoms with Crippen molar-refractivity contribution in [2.75, 3.05) is 5.75 Å². The summed E-state index contributed by atoms with van der Waals surface area (Å²) in [6.07, 6.45) is 5.40. The molecule has 0 saturated carbocycles. The van der Waals surface area contributed by atoms with E-state index in [0.717, 1.165) is 41.6 Å². The van der Waals surface area contributed by atoms with E-state index in [1.807, 2.05) is 11.8 Å². The zero-order valence-electron chi connectivity index (χ0n) is 15.7. The number of nitrogens with zero attached hydrogens (tertiary/aromatic N) is 6. The van der Waals surface area contributed by atoms with Crippen molar-refractivity contribution in [3.63, 3.8) is 0 Å². The second-order valence-electron chi connectivity index (χ2n) is 6.16. The summed E-state index contributed by atoms with van der Waals surface area (Å²) in [7, 11) is 0. The monoisotopic (exact) mass is 370 g/mol. The molecule has 0 bridgehead atoms. The number of hydrogen-bond donors (Lipinski definition) is 0. The van der Waals surface area contributed by atoms with Gasteiger partial charge in [-0.25, -0.2) is 9.67 Å². The third kappa shape index (κ3) is 4.33. The van der Waals surface area contributed by atoms with Crippen LogP contribution in [0.5, 0.6) is 0 Å². The van der Waals surface area contributed by atoms with Crippen LogP contribution in [0.4, 0.5) is 0 Å². The van der Waals surface area contributed by atoms with E-state index in [1.165, 1.54) is 5.56 Å². The average molecular weight is 371 g/mol. The fourth-order valence-corrected chi connectivity index (χ4v) is 3.57. The van der Waals surface area contributed by atoms with Gasteiger partial charge in [-0.15, -0.1) is 0 Å². The number of rotatable bonds is 9. The first kappa shape index (κ1) is 18.6. The van der Waals surface area contributed by atoms with E-state index >= 15 is 0 Å². The normalized spacial score (nSPS) is 11.4. The summed E-state index contributed by atoms with van der Waals surface area (Å²) in [4.78, 5) is 6.42. The van der Waals surface area contributed by atoms with Crippen molar-refractivity contribution in [3.05, 3.63) is 48.0 Å². The molecule has 0 fully saturated rings. The van der Waals surface area contributed by atoms with E-state index in [2.05, 4.69) is 59.9 Å². The molecule has 2 aromatic heterocycles. The van der Waals surface area contributed by atoms with Crippen molar-refractivity contribution < 1.29 is 0 Å². The lowest BCUT2D eigenvalue weighted by Crippen LogP contribution is -2.11. The topological polar surface area (TPSA) is 61.4 Å². The van der Waals surface area contributed by atoms with E-state index in [4.69, 9.17) is 10.1 Å². The Hall–Kier alpha value is -2.15. The van der Waals surface area contributed by atoms with Crippen molar-refractivity contribution in [2.24, 2.45) is 0 Å². The third-order valence-electron chi connectivity index (χ3n) is 4.40. The van der Waals surface area contributed by atoms with Gasteiger partial charge < -0.3 is 0 Å². The Kier molecular flexibility index (Phi) is 6.44. The van der Waals surface area contributed by atoms with Gasteiger partial charge in [0, 0.05) is 11.3 Å². The minimum Gasteiger partial charge on any atom is -0.242 e. The smallest absolute Gasteiger partial charge is 0.174 e. The molecule has 0 aliphatic heterocycles. The second kappa shape index (κ2) is 8.98. The molecule has 138 valence electrons. The van der Waals surface area contributed by atoms with E-state index in [9.17, 15) is 0 Å². The highest BCUT2D eigenvalue weighted by atomic mass is 32.2. The standard InChI is InChI=1S/C19H26N6S/c1-4-17(5-2)25-19(16-9-7-15(8-10-16)14-26-6-3)22-18(23-25)13-24-20-11-12-21-24/h7-12,17H,4-6,13-14H2,1-3H3. The minimum atomic E-state index is 0.340. The Balaban J connectivity index is 1.91. The van der Waals surface area contributed by atoms with Gasteiger partial charge in [-0.1, -0.05) is 45.0 Å². The van der Waals surface area contributed by atoms with Crippen molar-refractivity contribution in [2.45, 2.75) is 52.0 Å². The summed E-state index contributed by atoms with van der Waals surface area (Å²) in [5.41, 5.74) is 2.45. The van der Waals surface area contributed by atoms with Crippen LogP contribution in [0.1, 0.15) is 51.0 Å². The Bertz CT molecular complexity index is 790. The molecule has 0 amide bonds. The predicted molar refractivity (Wildman–Crippen MR) is 106 cm³/mol. The lowest BCUT2D eigenvalue weighted by atomic mass is 10.1. The lowest BCUT2D eigenvalue weighted by Gasteiger charge is -2.15. The van der Waals surface area contributed by atoms with Gasteiger partial charge in [-0.3, -0.25) is 0 Å². The predicted octanol–water partition coefficient (Wildman–Crippen LogP) is 4.20. The molecule has 26 heavy (non-hydrogen) atoms.